The number of carbonyl (C=O) groups is 2. The van der Waals surface area contributed by atoms with E-state index in [1.54, 1.807) is 38.2 Å². The zero-order valence-corrected chi connectivity index (χ0v) is 18.3. The number of rotatable bonds is 6. The molecule has 2 aliphatic rings. The number of amidine groups is 1. The second-order valence-corrected chi connectivity index (χ2v) is 7.76. The zero-order valence-electron chi connectivity index (χ0n) is 17.5. The summed E-state index contributed by atoms with van der Waals surface area (Å²) < 4.78 is 16.2. The Morgan fingerprint density at radius 2 is 1.87 bits per heavy atom. The third kappa shape index (κ3) is 3.79. The molecule has 0 aliphatic carbocycles. The average molecular weight is 439 g/mol. The molecule has 2 aliphatic heterocycles. The van der Waals surface area contributed by atoms with Gasteiger partial charge in [-0.1, -0.05) is 48.2 Å². The van der Waals surface area contributed by atoms with Gasteiger partial charge in [0.05, 0.1) is 43.9 Å². The lowest BCUT2D eigenvalue weighted by Gasteiger charge is -2.33. The van der Waals surface area contributed by atoms with E-state index in [0.717, 1.165) is 5.56 Å². The van der Waals surface area contributed by atoms with E-state index in [1.807, 2.05) is 36.4 Å². The molecule has 8 heteroatoms. The Kier molecular flexibility index (Phi) is 5.99. The summed E-state index contributed by atoms with van der Waals surface area (Å²) in [5.74, 6) is 0.711. The first-order valence-corrected chi connectivity index (χ1v) is 10.8. The largest absolute Gasteiger partial charge is 0.493 e. The first kappa shape index (κ1) is 21.0. The number of hydrogen-bond donors (Lipinski definition) is 0. The Labute approximate surface area is 184 Å². The van der Waals surface area contributed by atoms with Gasteiger partial charge in [-0.15, -0.1) is 0 Å². The van der Waals surface area contributed by atoms with Crippen molar-refractivity contribution in [2.75, 3.05) is 26.6 Å². The minimum atomic E-state index is -0.691. The lowest BCUT2D eigenvalue weighted by molar-refractivity contribution is -0.139. The van der Waals surface area contributed by atoms with Crippen molar-refractivity contribution in [3.8, 4) is 11.5 Å². The maximum absolute atomic E-state index is 13.2. The van der Waals surface area contributed by atoms with Crippen molar-refractivity contribution >= 4 is 34.5 Å². The molecule has 0 unspecified atom stereocenters. The summed E-state index contributed by atoms with van der Waals surface area (Å²) in [4.78, 5) is 32.3. The van der Waals surface area contributed by atoms with Crippen LogP contribution in [-0.2, 0) is 14.3 Å². The molecule has 0 bridgehead atoms. The molecule has 1 fully saturated rings. The molecular formula is C23H22N2O5S. The lowest BCUT2D eigenvalue weighted by Crippen LogP contribution is -2.39. The highest BCUT2D eigenvalue weighted by atomic mass is 32.2. The zero-order chi connectivity index (χ0) is 22.0. The monoisotopic (exact) mass is 438 g/mol. The van der Waals surface area contributed by atoms with Gasteiger partial charge >= 0.3 is 5.97 Å². The quantitative estimate of drug-likeness (QED) is 0.641. The van der Waals surface area contributed by atoms with E-state index in [4.69, 9.17) is 19.2 Å². The predicted octanol–water partition coefficient (Wildman–Crippen LogP) is 3.66. The number of benzene rings is 2. The van der Waals surface area contributed by atoms with Gasteiger partial charge in [0.15, 0.2) is 16.7 Å². The number of aliphatic imine (C=N–C) groups is 1. The van der Waals surface area contributed by atoms with Crippen molar-refractivity contribution in [1.82, 2.24) is 4.90 Å². The number of thioether (sulfide) groups is 1. The fourth-order valence-electron chi connectivity index (χ4n) is 3.70. The number of esters is 1. The molecule has 31 heavy (non-hydrogen) atoms. The van der Waals surface area contributed by atoms with Gasteiger partial charge in [-0.25, -0.2) is 9.79 Å². The first-order chi connectivity index (χ1) is 15.1. The van der Waals surface area contributed by atoms with Crippen LogP contribution in [0.1, 0.15) is 24.1 Å². The molecule has 2 aromatic carbocycles. The van der Waals surface area contributed by atoms with Crippen molar-refractivity contribution in [1.29, 1.82) is 0 Å². The average Bonchev–Trinajstić information content (AvgIpc) is 3.18. The van der Waals surface area contributed by atoms with Crippen molar-refractivity contribution in [2.45, 2.75) is 13.0 Å². The summed E-state index contributed by atoms with van der Waals surface area (Å²) in [7, 11) is 3.10. The maximum atomic E-state index is 13.2. The highest BCUT2D eigenvalue weighted by molar-refractivity contribution is 8.15. The lowest BCUT2D eigenvalue weighted by atomic mass is 9.91. The number of carbonyl (C=O) groups excluding carboxylic acids is 2. The van der Waals surface area contributed by atoms with Crippen LogP contribution < -0.4 is 9.47 Å². The summed E-state index contributed by atoms with van der Waals surface area (Å²) in [6.45, 7) is 1.96. The van der Waals surface area contributed by atoms with Crippen molar-refractivity contribution in [3.63, 3.8) is 0 Å². The fraction of sp³-hybridized carbons (Fsp3) is 0.261. The normalized spacial score (nSPS) is 17.9. The summed E-state index contributed by atoms with van der Waals surface area (Å²) in [5.41, 5.74) is 2.31. The molecule has 7 nitrogen and oxygen atoms in total. The highest BCUT2D eigenvalue weighted by Gasteiger charge is 2.44. The van der Waals surface area contributed by atoms with E-state index in [1.165, 1.54) is 11.8 Å². The molecule has 1 amide bonds. The van der Waals surface area contributed by atoms with Gasteiger partial charge in [-0.05, 0) is 24.6 Å². The van der Waals surface area contributed by atoms with Gasteiger partial charge in [-0.2, -0.15) is 0 Å². The van der Waals surface area contributed by atoms with Gasteiger partial charge in [0, 0.05) is 5.56 Å². The molecule has 2 heterocycles. The minimum absolute atomic E-state index is 0.113. The third-order valence-corrected chi connectivity index (χ3v) is 6.00. The summed E-state index contributed by atoms with van der Waals surface area (Å²) >= 11 is 1.36. The van der Waals surface area contributed by atoms with Crippen LogP contribution in [0.25, 0.3) is 5.70 Å². The van der Waals surface area contributed by atoms with Crippen LogP contribution in [0.15, 0.2) is 59.1 Å². The molecule has 0 spiro atoms. The maximum Gasteiger partial charge on any atom is 0.338 e. The summed E-state index contributed by atoms with van der Waals surface area (Å²) in [6.07, 6.45) is 0. The summed E-state index contributed by atoms with van der Waals surface area (Å²) in [5, 5.41) is 0.566. The van der Waals surface area contributed by atoms with Gasteiger partial charge in [0.1, 0.15) is 0 Å². The van der Waals surface area contributed by atoms with Crippen LogP contribution >= 0.6 is 11.8 Å². The van der Waals surface area contributed by atoms with Gasteiger partial charge in [0.25, 0.3) is 0 Å². The van der Waals surface area contributed by atoms with E-state index in [-0.39, 0.29) is 18.3 Å². The van der Waals surface area contributed by atoms with E-state index >= 15 is 0 Å². The van der Waals surface area contributed by atoms with E-state index in [2.05, 4.69) is 0 Å². The molecule has 0 saturated carbocycles. The van der Waals surface area contributed by atoms with E-state index in [0.29, 0.717) is 33.5 Å². The molecule has 0 radical (unpaired) electrons. The second-order valence-electron chi connectivity index (χ2n) is 6.81. The first-order valence-electron chi connectivity index (χ1n) is 9.81. The standard InChI is InChI=1S/C23H22N2O5S/c1-4-30-22(27)19-20(14-8-6-5-7-9-14)24-23-25(18(26)13-31-23)21(19)15-10-11-16(28-2)17(12-15)29-3/h5-12,21H,4,13H2,1-3H3/t21-/m1/s1. The van der Waals surface area contributed by atoms with Crippen LogP contribution in [-0.4, -0.2) is 48.5 Å². The molecule has 160 valence electrons. The van der Waals surface area contributed by atoms with Crippen LogP contribution in [0.3, 0.4) is 0 Å². The van der Waals surface area contributed by atoms with Crippen molar-refractivity contribution < 1.29 is 23.8 Å². The van der Waals surface area contributed by atoms with Crippen molar-refractivity contribution in [3.05, 3.63) is 65.2 Å². The summed E-state index contributed by atoms with van der Waals surface area (Å²) in [6, 6.07) is 14.1. The molecule has 2 aromatic rings. The van der Waals surface area contributed by atoms with Crippen LogP contribution in [0.5, 0.6) is 11.5 Å². The van der Waals surface area contributed by atoms with Gasteiger partial charge in [0.2, 0.25) is 5.91 Å². The highest BCUT2D eigenvalue weighted by Crippen LogP contribution is 2.45. The fourth-order valence-corrected chi connectivity index (χ4v) is 4.59. The molecule has 0 aromatic heterocycles. The Bertz CT molecular complexity index is 1080. The molecule has 4 rings (SSSR count). The topological polar surface area (TPSA) is 77.4 Å². The SMILES string of the molecule is CCOC(=O)C1=C(c2ccccc2)N=C2SCC(=O)N2[C@@H]1c1ccc(OC)c(OC)c1. The molecule has 1 atom stereocenters. The van der Waals surface area contributed by atoms with Crippen LogP contribution in [0.4, 0.5) is 0 Å². The Morgan fingerprint density at radius 3 is 2.55 bits per heavy atom. The third-order valence-electron chi connectivity index (χ3n) is 5.06. The number of ether oxygens (including phenoxy) is 3. The van der Waals surface area contributed by atoms with Crippen LogP contribution in [0, 0.1) is 0 Å². The van der Waals surface area contributed by atoms with E-state index in [9.17, 15) is 9.59 Å². The number of fused-ring (bicyclic) bond motifs is 1. The van der Waals surface area contributed by atoms with E-state index < -0.39 is 12.0 Å². The Hall–Kier alpha value is -3.26. The smallest absolute Gasteiger partial charge is 0.338 e. The van der Waals surface area contributed by atoms with Crippen LogP contribution in [0.2, 0.25) is 0 Å². The number of hydrogen-bond acceptors (Lipinski definition) is 7. The second kappa shape index (κ2) is 8.85. The number of methoxy groups -OCH3 is 2. The molecule has 1 saturated heterocycles. The van der Waals surface area contributed by atoms with Gasteiger partial charge in [-0.3, -0.25) is 9.69 Å². The predicted molar refractivity (Wildman–Crippen MR) is 119 cm³/mol. The van der Waals surface area contributed by atoms with Crippen molar-refractivity contribution in [2.24, 2.45) is 4.99 Å². The number of nitrogens with zero attached hydrogens (tertiary/aromatic N) is 2. The number of amides is 1. The Balaban J connectivity index is 1.97. The Morgan fingerprint density at radius 1 is 1.13 bits per heavy atom. The molecular weight excluding hydrogens is 416 g/mol. The molecule has 0 N–H and O–H groups in total. The van der Waals surface area contributed by atoms with Gasteiger partial charge < -0.3 is 14.2 Å². The minimum Gasteiger partial charge on any atom is -0.493 e.